The van der Waals surface area contributed by atoms with Gasteiger partial charge >= 0.3 is 5.97 Å². The van der Waals surface area contributed by atoms with Gasteiger partial charge in [-0.15, -0.1) is 0 Å². The number of aromatic nitrogens is 4. The maximum Gasteiger partial charge on any atom is 0.323 e. The third-order valence-electron chi connectivity index (χ3n) is 9.75. The first-order valence-corrected chi connectivity index (χ1v) is 22.4. The summed E-state index contributed by atoms with van der Waals surface area (Å²) >= 11 is 0. The molecule has 3 aromatic carbocycles. The molecule has 334 valence electrons. The SMILES string of the molecule is Cc1cc(C)c(S(=O)(=O)NC(CNC(=O)c2cn(CCCNC(=O)c3ccc(N/N=C/c4ccccc4S(=O)(=O)O)nc3)c3cc(CNc4ncc[nH]4)ccc3c2=O)C(=O)O)c(C)c1. The minimum Gasteiger partial charge on any atom is -0.480 e. The van der Waals surface area contributed by atoms with Gasteiger partial charge in [-0.3, -0.25) is 29.2 Å². The molecule has 20 nitrogen and oxygen atoms in total. The number of nitrogens with one attached hydrogen (secondary N) is 6. The number of hydrogen-bond donors (Lipinski definition) is 8. The standard InChI is InChI=1S/C42H44N10O10S2/c1-25-17-26(2)38(27(3)18-25)63(58,59)51-33(41(56)57)23-47-40(55)32-24-52(34-19-28(9-11-31(34)37(32)53)20-48-42-44-14-15-45-42)16-6-13-43-39(54)30-10-12-36(46-21-30)50-49-22-29-7-4-5-8-35(29)64(60,61)62/h4-5,7-12,14-15,17-19,21-22,24,33,51H,6,13,16,20,23H2,1-3H3,(H,43,54)(H,46,50)(H,47,55)(H,56,57)(H2,44,45,48)(H,60,61,62)/b49-22+. The number of benzene rings is 3. The lowest BCUT2D eigenvalue weighted by Crippen LogP contribution is -2.49. The number of fused-ring (bicyclic) bond motifs is 1. The number of nitrogens with zero attached hydrogens (tertiary/aromatic N) is 4. The Labute approximate surface area is 367 Å². The number of carboxylic acids is 1. The molecule has 0 aliphatic heterocycles. The van der Waals surface area contributed by atoms with Crippen LogP contribution in [0.25, 0.3) is 10.9 Å². The number of carbonyl (C=O) groups excluding carboxylic acids is 2. The van der Waals surface area contributed by atoms with Gasteiger partial charge in [0.25, 0.3) is 21.9 Å². The number of aromatic amines is 1. The van der Waals surface area contributed by atoms with Crippen molar-refractivity contribution in [2.75, 3.05) is 23.8 Å². The Morgan fingerprint density at radius 2 is 1.69 bits per heavy atom. The Balaban J connectivity index is 1.14. The van der Waals surface area contributed by atoms with Gasteiger partial charge < -0.3 is 30.6 Å². The number of hydrazone groups is 1. The second kappa shape index (κ2) is 19.8. The van der Waals surface area contributed by atoms with Crippen molar-refractivity contribution in [2.24, 2.45) is 5.10 Å². The number of H-pyrrole nitrogens is 1. The minimum absolute atomic E-state index is 0.0711. The summed E-state index contributed by atoms with van der Waals surface area (Å²) in [5.74, 6) is -2.15. The first-order valence-electron chi connectivity index (χ1n) is 19.5. The Hall–Kier alpha value is -7.27. The van der Waals surface area contributed by atoms with Crippen molar-refractivity contribution in [1.82, 2.24) is 34.9 Å². The van der Waals surface area contributed by atoms with Gasteiger partial charge in [-0.05, 0) is 74.2 Å². The molecular formula is C42H44N10O10S2. The Morgan fingerprint density at radius 3 is 2.36 bits per heavy atom. The summed E-state index contributed by atoms with van der Waals surface area (Å²) in [6, 6.07) is 15.3. The molecular weight excluding hydrogens is 869 g/mol. The normalized spacial score (nSPS) is 12.2. The van der Waals surface area contributed by atoms with E-state index in [1.807, 2.05) is 0 Å². The molecule has 6 rings (SSSR count). The molecule has 0 spiro atoms. The molecule has 64 heavy (non-hydrogen) atoms. The van der Waals surface area contributed by atoms with Crippen LogP contribution in [0.15, 0.2) is 111 Å². The van der Waals surface area contributed by atoms with Crippen molar-refractivity contribution in [3.63, 3.8) is 0 Å². The van der Waals surface area contributed by atoms with Gasteiger partial charge in [-0.2, -0.15) is 18.2 Å². The minimum atomic E-state index is -4.47. The average Bonchev–Trinajstić information content (AvgIpc) is 3.77. The number of aliphatic carboxylic acids is 1. The summed E-state index contributed by atoms with van der Waals surface area (Å²) in [4.78, 5) is 63.6. The first-order chi connectivity index (χ1) is 30.4. The van der Waals surface area contributed by atoms with Crippen molar-refractivity contribution in [3.8, 4) is 0 Å². The lowest BCUT2D eigenvalue weighted by atomic mass is 10.1. The van der Waals surface area contributed by atoms with Crippen LogP contribution in [0.4, 0.5) is 11.8 Å². The highest BCUT2D eigenvalue weighted by molar-refractivity contribution is 7.89. The molecule has 0 aliphatic rings. The highest BCUT2D eigenvalue weighted by Crippen LogP contribution is 2.22. The largest absolute Gasteiger partial charge is 0.480 e. The van der Waals surface area contributed by atoms with Gasteiger partial charge in [0.2, 0.25) is 15.5 Å². The number of carboxylic acid groups (broad SMARTS) is 1. The summed E-state index contributed by atoms with van der Waals surface area (Å²) in [5.41, 5.74) is 4.95. The van der Waals surface area contributed by atoms with E-state index in [2.05, 4.69) is 46.2 Å². The van der Waals surface area contributed by atoms with E-state index < -0.39 is 55.9 Å². The Bertz CT molecular complexity index is 3010. The van der Waals surface area contributed by atoms with Crippen LogP contribution in [-0.4, -0.2) is 89.1 Å². The van der Waals surface area contributed by atoms with Gasteiger partial charge in [0.15, 0.2) is 5.95 Å². The van der Waals surface area contributed by atoms with Crippen LogP contribution in [0.5, 0.6) is 0 Å². The third kappa shape index (κ3) is 11.4. The Kier molecular flexibility index (Phi) is 14.3. The van der Waals surface area contributed by atoms with Crippen LogP contribution in [0.1, 0.15) is 55.0 Å². The van der Waals surface area contributed by atoms with Gasteiger partial charge in [0.05, 0.1) is 22.2 Å². The lowest BCUT2D eigenvalue weighted by Gasteiger charge is -2.19. The number of carbonyl (C=O) groups is 3. The van der Waals surface area contributed by atoms with Crippen LogP contribution in [0.2, 0.25) is 0 Å². The van der Waals surface area contributed by atoms with E-state index in [1.54, 1.807) is 74.1 Å². The molecule has 1 atom stereocenters. The van der Waals surface area contributed by atoms with Gasteiger partial charge in [-0.25, -0.2) is 18.4 Å². The van der Waals surface area contributed by atoms with Crippen LogP contribution >= 0.6 is 0 Å². The van der Waals surface area contributed by atoms with E-state index in [1.165, 1.54) is 48.9 Å². The lowest BCUT2D eigenvalue weighted by molar-refractivity contribution is -0.138. The number of amides is 2. The van der Waals surface area contributed by atoms with E-state index >= 15 is 0 Å². The number of hydrogen-bond acceptors (Lipinski definition) is 13. The number of aryl methyl sites for hydroxylation is 4. The van der Waals surface area contributed by atoms with E-state index in [4.69, 9.17) is 0 Å². The zero-order chi connectivity index (χ0) is 46.2. The predicted molar refractivity (Wildman–Crippen MR) is 238 cm³/mol. The van der Waals surface area contributed by atoms with Gasteiger partial charge in [-0.1, -0.05) is 42.0 Å². The number of sulfonamides is 1. The fraction of sp³-hybridized carbons (Fsp3) is 0.214. The summed E-state index contributed by atoms with van der Waals surface area (Å²) in [7, 11) is -8.81. The molecule has 0 saturated carbocycles. The number of imidazole rings is 1. The summed E-state index contributed by atoms with van der Waals surface area (Å²) in [6.45, 7) is 5.02. The van der Waals surface area contributed by atoms with Crippen LogP contribution < -0.4 is 31.5 Å². The summed E-state index contributed by atoms with van der Waals surface area (Å²) in [5, 5.41) is 22.5. The molecule has 1 unspecified atom stereocenters. The molecule has 3 aromatic heterocycles. The molecule has 22 heteroatoms. The summed E-state index contributed by atoms with van der Waals surface area (Å²) in [6.07, 6.45) is 7.41. The number of pyridine rings is 2. The topological polar surface area (TPSA) is 296 Å². The van der Waals surface area contributed by atoms with Crippen molar-refractivity contribution in [2.45, 2.75) is 56.1 Å². The van der Waals surface area contributed by atoms with E-state index in [-0.39, 0.29) is 50.8 Å². The number of anilines is 2. The van der Waals surface area contributed by atoms with Gasteiger partial charge in [0.1, 0.15) is 22.3 Å². The van der Waals surface area contributed by atoms with Crippen molar-refractivity contribution < 1.29 is 40.9 Å². The van der Waals surface area contributed by atoms with Crippen LogP contribution in [-0.2, 0) is 38.0 Å². The zero-order valence-corrected chi connectivity index (χ0v) is 36.2. The fourth-order valence-corrected chi connectivity index (χ4v) is 9.20. The molecule has 0 saturated heterocycles. The van der Waals surface area contributed by atoms with Crippen LogP contribution in [0.3, 0.4) is 0 Å². The molecule has 0 bridgehead atoms. The van der Waals surface area contributed by atoms with Crippen molar-refractivity contribution in [1.29, 1.82) is 0 Å². The summed E-state index contributed by atoms with van der Waals surface area (Å²) < 4.78 is 63.3. The quantitative estimate of drug-likeness (QED) is 0.0250. The highest BCUT2D eigenvalue weighted by Gasteiger charge is 2.29. The molecule has 2 amide bonds. The van der Waals surface area contributed by atoms with Crippen molar-refractivity contribution in [3.05, 3.63) is 141 Å². The maximum absolute atomic E-state index is 13.8. The smallest absolute Gasteiger partial charge is 0.323 e. The van der Waals surface area contributed by atoms with E-state index in [0.29, 0.717) is 35.6 Å². The highest BCUT2D eigenvalue weighted by atomic mass is 32.2. The second-order valence-corrected chi connectivity index (χ2v) is 17.6. The molecule has 0 radical (unpaired) electrons. The van der Waals surface area contributed by atoms with E-state index in [0.717, 1.165) is 11.1 Å². The number of rotatable bonds is 19. The second-order valence-electron chi connectivity index (χ2n) is 14.6. The maximum atomic E-state index is 13.8. The van der Waals surface area contributed by atoms with Gasteiger partial charge in [0, 0.05) is 61.9 Å². The molecule has 0 aliphatic carbocycles. The molecule has 3 heterocycles. The Morgan fingerprint density at radius 1 is 0.938 bits per heavy atom. The predicted octanol–water partition coefficient (Wildman–Crippen LogP) is 3.33. The first kappa shape index (κ1) is 46.2. The zero-order valence-electron chi connectivity index (χ0n) is 34.6. The molecule has 6 aromatic rings. The molecule has 8 N–H and O–H groups in total. The van der Waals surface area contributed by atoms with E-state index in [9.17, 15) is 45.7 Å². The molecule has 0 fully saturated rings. The third-order valence-corrected chi connectivity index (χ3v) is 12.5. The fourth-order valence-electron chi connectivity index (χ4n) is 6.88. The van der Waals surface area contributed by atoms with Crippen molar-refractivity contribution >= 4 is 66.8 Å². The average molecular weight is 913 g/mol. The monoisotopic (exact) mass is 912 g/mol. The van der Waals surface area contributed by atoms with Crippen LogP contribution in [0, 0.1) is 20.8 Å².